The Morgan fingerprint density at radius 1 is 1.24 bits per heavy atom. The van der Waals surface area contributed by atoms with Gasteiger partial charge < -0.3 is 24.4 Å². The number of aromatic nitrogens is 1. The molecule has 2 aliphatic rings. The lowest BCUT2D eigenvalue weighted by Gasteiger charge is -2.34. The number of esters is 1. The van der Waals surface area contributed by atoms with E-state index in [0.29, 0.717) is 19.6 Å². The van der Waals surface area contributed by atoms with Crippen molar-refractivity contribution in [3.63, 3.8) is 0 Å². The van der Waals surface area contributed by atoms with Gasteiger partial charge in [-0.1, -0.05) is 34.1 Å². The van der Waals surface area contributed by atoms with E-state index in [2.05, 4.69) is 4.98 Å². The smallest absolute Gasteiger partial charge is 0.309 e. The number of epoxide rings is 1. The summed E-state index contributed by atoms with van der Waals surface area (Å²) < 4.78 is 17.2. The van der Waals surface area contributed by atoms with Gasteiger partial charge in [0.25, 0.3) is 0 Å². The highest BCUT2D eigenvalue weighted by Gasteiger charge is 2.44. The van der Waals surface area contributed by atoms with Crippen molar-refractivity contribution in [2.75, 3.05) is 6.61 Å². The van der Waals surface area contributed by atoms with Crippen molar-refractivity contribution >= 4 is 29.2 Å². The van der Waals surface area contributed by atoms with E-state index >= 15 is 0 Å². The number of rotatable bonds is 5. The molecule has 0 radical (unpaired) electrons. The van der Waals surface area contributed by atoms with Crippen LogP contribution < -0.4 is 0 Å². The number of hydrogen-bond acceptors (Lipinski definition) is 9. The quantitative estimate of drug-likeness (QED) is 0.421. The van der Waals surface area contributed by atoms with Crippen LogP contribution >= 0.6 is 11.3 Å². The molecular formula is C28H43NO7S. The molecule has 3 rings (SSSR count). The van der Waals surface area contributed by atoms with Crippen molar-refractivity contribution in [1.29, 1.82) is 0 Å². The second kappa shape index (κ2) is 12.9. The molecule has 2 fully saturated rings. The number of Topliss-reactive ketones (excluding diaryl/α,β-unsaturated/α-hetero) is 1. The molecule has 0 unspecified atom stereocenters. The van der Waals surface area contributed by atoms with Crippen molar-refractivity contribution < 1.29 is 34.0 Å². The standard InChI is InChI=1S/C28H43NO7S/c1-7-34-14-24-29-19(15-37-24)11-17(3)21-12-22-20(35-22)10-8-9-16(2)26(32)18(4)27(33)28(5,6)23(30)13-25(31)36-21/h11,15-16,18,20-23,26,30,32H,7-10,12-14H2,1-6H3/t16-,18+,20+,21-,22+,23-,26-/m1/s1. The third-order valence-electron chi connectivity index (χ3n) is 7.78. The highest BCUT2D eigenvalue weighted by Crippen LogP contribution is 2.36. The fourth-order valence-electron chi connectivity index (χ4n) is 4.98. The van der Waals surface area contributed by atoms with E-state index in [1.54, 1.807) is 20.8 Å². The van der Waals surface area contributed by atoms with E-state index < -0.39 is 35.6 Å². The Bertz CT molecular complexity index is 958. The van der Waals surface area contributed by atoms with E-state index in [4.69, 9.17) is 14.2 Å². The van der Waals surface area contributed by atoms with Crippen LogP contribution in [0.25, 0.3) is 6.08 Å². The molecule has 3 heterocycles. The minimum absolute atomic E-state index is 0.0138. The summed E-state index contributed by atoms with van der Waals surface area (Å²) in [6, 6.07) is 0. The Morgan fingerprint density at radius 2 is 1.97 bits per heavy atom. The van der Waals surface area contributed by atoms with Crippen molar-refractivity contribution in [2.24, 2.45) is 17.3 Å². The molecule has 37 heavy (non-hydrogen) atoms. The Labute approximate surface area is 224 Å². The van der Waals surface area contributed by atoms with Gasteiger partial charge in [-0.2, -0.15) is 0 Å². The molecule has 0 spiro atoms. The average Bonchev–Trinajstić information content (AvgIpc) is 3.43. The van der Waals surface area contributed by atoms with Crippen LogP contribution in [0.1, 0.15) is 84.3 Å². The van der Waals surface area contributed by atoms with Gasteiger partial charge in [-0.25, -0.2) is 4.98 Å². The molecule has 0 bridgehead atoms. The molecule has 2 aliphatic heterocycles. The summed E-state index contributed by atoms with van der Waals surface area (Å²) in [7, 11) is 0. The Hall–Kier alpha value is -1.65. The third-order valence-corrected chi connectivity index (χ3v) is 8.62. The monoisotopic (exact) mass is 537 g/mol. The molecule has 1 aromatic rings. The minimum atomic E-state index is -1.24. The molecule has 0 aromatic carbocycles. The lowest BCUT2D eigenvalue weighted by molar-refractivity contribution is -0.154. The van der Waals surface area contributed by atoms with Gasteiger partial charge in [0.2, 0.25) is 0 Å². The summed E-state index contributed by atoms with van der Waals surface area (Å²) in [6.45, 7) is 11.8. The number of hydrogen-bond donors (Lipinski definition) is 2. The van der Waals surface area contributed by atoms with Gasteiger partial charge in [0.15, 0.2) is 0 Å². The number of thiazole rings is 1. The van der Waals surface area contributed by atoms with Crippen molar-refractivity contribution in [1.82, 2.24) is 4.98 Å². The van der Waals surface area contributed by atoms with Crippen molar-refractivity contribution in [3.05, 3.63) is 21.7 Å². The predicted molar refractivity (Wildman–Crippen MR) is 142 cm³/mol. The number of nitrogens with zero attached hydrogens (tertiary/aromatic N) is 1. The fourth-order valence-corrected chi connectivity index (χ4v) is 5.67. The number of carbonyl (C=O) groups excluding carboxylic acids is 2. The van der Waals surface area contributed by atoms with Gasteiger partial charge in [0.05, 0.1) is 48.6 Å². The molecule has 8 nitrogen and oxygen atoms in total. The number of cyclic esters (lactones) is 1. The van der Waals surface area contributed by atoms with Crippen LogP contribution in [-0.2, 0) is 30.4 Å². The van der Waals surface area contributed by atoms with Crippen LogP contribution in [0.3, 0.4) is 0 Å². The van der Waals surface area contributed by atoms with E-state index in [1.165, 1.54) is 11.3 Å². The third kappa shape index (κ3) is 7.93. The summed E-state index contributed by atoms with van der Waals surface area (Å²) in [5, 5.41) is 24.5. The maximum Gasteiger partial charge on any atom is 0.309 e. The molecule has 2 saturated heterocycles. The van der Waals surface area contributed by atoms with E-state index in [1.807, 2.05) is 32.2 Å². The summed E-state index contributed by atoms with van der Waals surface area (Å²) in [5.41, 5.74) is 0.410. The minimum Gasteiger partial charge on any atom is -0.458 e. The molecule has 208 valence electrons. The summed E-state index contributed by atoms with van der Waals surface area (Å²) in [5.74, 6) is -1.56. The first-order chi connectivity index (χ1) is 17.4. The second-order valence-corrected chi connectivity index (χ2v) is 12.1. The Morgan fingerprint density at radius 3 is 2.68 bits per heavy atom. The largest absolute Gasteiger partial charge is 0.458 e. The number of ketones is 1. The van der Waals surface area contributed by atoms with Gasteiger partial charge in [0.1, 0.15) is 16.9 Å². The van der Waals surface area contributed by atoms with Crippen molar-refractivity contribution in [3.8, 4) is 0 Å². The van der Waals surface area contributed by atoms with Crippen LogP contribution in [0.15, 0.2) is 11.0 Å². The zero-order valence-corrected chi connectivity index (χ0v) is 23.8. The summed E-state index contributed by atoms with van der Waals surface area (Å²) >= 11 is 1.52. The van der Waals surface area contributed by atoms with Gasteiger partial charge in [0, 0.05) is 24.3 Å². The van der Waals surface area contributed by atoms with E-state index in [0.717, 1.165) is 35.5 Å². The van der Waals surface area contributed by atoms with Gasteiger partial charge in [-0.15, -0.1) is 11.3 Å². The molecule has 0 amide bonds. The maximum absolute atomic E-state index is 13.2. The number of aliphatic hydroxyl groups is 2. The van der Waals surface area contributed by atoms with Crippen molar-refractivity contribution in [2.45, 2.75) is 111 Å². The van der Waals surface area contributed by atoms with Crippen LogP contribution in [0.2, 0.25) is 0 Å². The Kier molecular flexibility index (Phi) is 10.5. The van der Waals surface area contributed by atoms with Crippen LogP contribution in [0, 0.1) is 17.3 Å². The molecule has 1 aromatic heterocycles. The number of aliphatic hydroxyl groups excluding tert-OH is 2. The lowest BCUT2D eigenvalue weighted by atomic mass is 9.73. The molecule has 9 heteroatoms. The van der Waals surface area contributed by atoms with Crippen LogP contribution in [-0.4, -0.2) is 64.1 Å². The molecule has 0 aliphatic carbocycles. The summed E-state index contributed by atoms with van der Waals surface area (Å²) in [4.78, 5) is 30.7. The molecule has 7 atom stereocenters. The number of carbonyl (C=O) groups is 2. The average molecular weight is 538 g/mol. The topological polar surface area (TPSA) is 118 Å². The first-order valence-electron chi connectivity index (χ1n) is 13.4. The van der Waals surface area contributed by atoms with Gasteiger partial charge >= 0.3 is 5.97 Å². The zero-order chi connectivity index (χ0) is 27.3. The van der Waals surface area contributed by atoms with E-state index in [-0.39, 0.29) is 30.3 Å². The Balaban J connectivity index is 1.79. The van der Waals surface area contributed by atoms with E-state index in [9.17, 15) is 19.8 Å². The van der Waals surface area contributed by atoms with Crippen LogP contribution in [0.5, 0.6) is 0 Å². The number of ether oxygens (including phenoxy) is 3. The zero-order valence-electron chi connectivity index (χ0n) is 22.9. The lowest BCUT2D eigenvalue weighted by Crippen LogP contribution is -2.45. The molecule has 2 N–H and O–H groups in total. The first kappa shape index (κ1) is 29.9. The summed E-state index contributed by atoms with van der Waals surface area (Å²) in [6.07, 6.45) is 2.11. The number of fused-ring (bicyclic) bond motifs is 1. The fraction of sp³-hybridized carbons (Fsp3) is 0.750. The normalized spacial score (nSPS) is 34.1. The van der Waals surface area contributed by atoms with Gasteiger partial charge in [-0.3, -0.25) is 9.59 Å². The second-order valence-electron chi connectivity index (χ2n) is 11.1. The molecule has 0 saturated carbocycles. The molecular weight excluding hydrogens is 494 g/mol. The first-order valence-corrected chi connectivity index (χ1v) is 14.3. The van der Waals surface area contributed by atoms with Crippen LogP contribution in [0.4, 0.5) is 0 Å². The predicted octanol–water partition coefficient (Wildman–Crippen LogP) is 4.32. The SMILES string of the molecule is CCOCc1nc(C=C(C)[C@H]2C[C@@H]3O[C@H]3CCC[C@@H](C)[C@@H](O)[C@H](C)C(=O)C(C)(C)[C@H](O)CC(=O)O2)cs1. The highest BCUT2D eigenvalue weighted by atomic mass is 32.1. The maximum atomic E-state index is 13.2. The van der Waals surface area contributed by atoms with Gasteiger partial charge in [-0.05, 0) is 44.3 Å². The highest BCUT2D eigenvalue weighted by molar-refractivity contribution is 7.09.